The van der Waals surface area contributed by atoms with Crippen molar-refractivity contribution >= 4 is 81.9 Å². The maximum Gasteiger partial charge on any atom is 0.328 e. The topological polar surface area (TPSA) is 404 Å². The summed E-state index contributed by atoms with van der Waals surface area (Å²) in [4.78, 5) is 131. The number of carbonyl (C=O) groups excluding carboxylic acids is 8. The number of H-pyrrole nitrogens is 1. The first-order valence-corrected chi connectivity index (χ1v) is 22.1. The smallest absolute Gasteiger partial charge is 0.328 e. The summed E-state index contributed by atoms with van der Waals surface area (Å²) in [6, 6.07) is 3.60. The van der Waals surface area contributed by atoms with E-state index in [1.165, 1.54) is 36.0 Å². The molecule has 1 heterocycles. The predicted octanol–water partition coefficient (Wildman–Crippen LogP) is -3.40. The van der Waals surface area contributed by atoms with Crippen LogP contribution in [0.15, 0.2) is 54.7 Å². The molecule has 3 rings (SSSR count). The highest BCUT2D eigenvalue weighted by atomic mass is 32.2. The third-order valence-corrected chi connectivity index (χ3v) is 10.6. The molecule has 3 aromatic rings. The average molecular weight is 957 g/mol. The molecule has 8 amide bonds. The lowest BCUT2D eigenvalue weighted by Gasteiger charge is -2.26. The molecule has 67 heavy (non-hydrogen) atoms. The number of nitrogens with two attached hydrogens (primary N) is 2. The Hall–Kier alpha value is -7.25. The van der Waals surface area contributed by atoms with E-state index in [0.29, 0.717) is 27.8 Å². The number of thioether (sulfide) groups is 1. The van der Waals surface area contributed by atoms with Crippen LogP contribution in [0.4, 0.5) is 0 Å². The Kier molecular flexibility index (Phi) is 21.5. The highest BCUT2D eigenvalue weighted by Crippen LogP contribution is 2.20. The number of aliphatic hydroxyl groups excluding tert-OH is 1. The van der Waals surface area contributed by atoms with E-state index in [9.17, 15) is 68.4 Å². The monoisotopic (exact) mass is 956 g/mol. The van der Waals surface area contributed by atoms with Gasteiger partial charge in [0, 0.05) is 36.4 Å². The molecule has 7 unspecified atom stereocenters. The van der Waals surface area contributed by atoms with Crippen molar-refractivity contribution in [3.8, 4) is 5.75 Å². The number of phenolic OH excluding ortho intramolecular Hbond substituents is 1. The van der Waals surface area contributed by atoms with E-state index in [-0.39, 0.29) is 31.4 Å². The number of carboxylic acid groups (broad SMARTS) is 2. The molecule has 1 aromatic heterocycles. The summed E-state index contributed by atoms with van der Waals surface area (Å²) in [5.74, 6) is -10.2. The van der Waals surface area contributed by atoms with Crippen molar-refractivity contribution in [1.82, 2.24) is 42.2 Å². The number of aromatic hydroxyl groups is 1. The van der Waals surface area contributed by atoms with Crippen LogP contribution in [0.5, 0.6) is 5.75 Å². The van der Waals surface area contributed by atoms with Crippen molar-refractivity contribution in [2.24, 2.45) is 11.5 Å². The number of aromatic amines is 1. The fourth-order valence-electron chi connectivity index (χ4n) is 6.38. The summed E-state index contributed by atoms with van der Waals surface area (Å²) in [7, 11) is 0. The second-order valence-corrected chi connectivity index (χ2v) is 16.3. The fourth-order valence-corrected chi connectivity index (χ4v) is 6.87. The second kappa shape index (κ2) is 26.6. The van der Waals surface area contributed by atoms with Gasteiger partial charge in [-0.1, -0.05) is 30.3 Å². The number of aliphatic carboxylic acids is 2. The summed E-state index contributed by atoms with van der Waals surface area (Å²) in [6.07, 6.45) is 0.0150. The van der Waals surface area contributed by atoms with E-state index in [1.54, 1.807) is 36.7 Å². The first-order valence-electron chi connectivity index (χ1n) is 20.7. The zero-order valence-corrected chi connectivity index (χ0v) is 37.4. The van der Waals surface area contributed by atoms with Gasteiger partial charge in [-0.25, -0.2) is 4.79 Å². The zero-order valence-electron chi connectivity index (χ0n) is 36.5. The summed E-state index contributed by atoms with van der Waals surface area (Å²) in [5, 5.41) is 55.3. The molecule has 0 aliphatic carbocycles. The van der Waals surface area contributed by atoms with E-state index in [1.807, 2.05) is 5.32 Å². The largest absolute Gasteiger partial charge is 0.508 e. The van der Waals surface area contributed by atoms with E-state index in [2.05, 4.69) is 36.9 Å². The molecule has 0 aliphatic heterocycles. The number of fused-ring (bicyclic) bond motifs is 1. The molecule has 16 N–H and O–H groups in total. The highest BCUT2D eigenvalue weighted by Gasteiger charge is 2.33. The highest BCUT2D eigenvalue weighted by molar-refractivity contribution is 7.98. The maximum atomic E-state index is 14.3. The summed E-state index contributed by atoms with van der Waals surface area (Å²) < 4.78 is 0. The SMILES string of the molecule is CSCCC(N)C(=O)NC(CC(=O)O)C(=O)NC(Cc1ccc(O)cc1)C(=O)NC(Cc1c[nH]c2ccccc12)C(=O)NCC(=O)NC(CCC(N)=O)C(=O)NCC(=O)NC(C(=O)O)C(C)O. The molecule has 0 bridgehead atoms. The van der Waals surface area contributed by atoms with Crippen molar-refractivity contribution in [1.29, 1.82) is 0 Å². The fraction of sp³-hybridized carbons (Fsp3) is 0.429. The first-order chi connectivity index (χ1) is 31.7. The molecule has 364 valence electrons. The minimum Gasteiger partial charge on any atom is -0.508 e. The number of nitrogens with one attached hydrogen (secondary N) is 8. The number of carbonyl (C=O) groups is 10. The average Bonchev–Trinajstić information content (AvgIpc) is 3.68. The lowest BCUT2D eigenvalue weighted by atomic mass is 10.0. The normalized spacial score (nSPS) is 14.1. The van der Waals surface area contributed by atoms with Gasteiger partial charge in [0.05, 0.1) is 31.7 Å². The van der Waals surface area contributed by atoms with Crippen LogP contribution in [0, 0.1) is 0 Å². The first kappa shape index (κ1) is 54.1. The molecule has 0 radical (unpaired) electrons. The van der Waals surface area contributed by atoms with E-state index in [0.717, 1.165) is 6.92 Å². The maximum absolute atomic E-state index is 14.3. The van der Waals surface area contributed by atoms with Gasteiger partial charge in [-0.2, -0.15) is 11.8 Å². The molecule has 0 saturated heterocycles. The van der Waals surface area contributed by atoms with E-state index >= 15 is 0 Å². The molecule has 0 aliphatic rings. The number of aliphatic hydroxyl groups is 1. The Morgan fingerprint density at radius 2 is 1.27 bits per heavy atom. The number of rotatable bonds is 28. The van der Waals surface area contributed by atoms with Crippen LogP contribution in [0.2, 0.25) is 0 Å². The number of amides is 8. The number of primary amides is 1. The van der Waals surface area contributed by atoms with Crippen molar-refractivity contribution in [3.05, 3.63) is 65.9 Å². The molecular weight excluding hydrogens is 901 g/mol. The van der Waals surface area contributed by atoms with Crippen molar-refractivity contribution in [2.45, 2.75) is 87.8 Å². The number of benzene rings is 2. The van der Waals surface area contributed by atoms with Gasteiger partial charge >= 0.3 is 11.9 Å². The molecule has 2 aromatic carbocycles. The Balaban J connectivity index is 1.87. The molecule has 24 nitrogen and oxygen atoms in total. The number of aromatic nitrogens is 1. The van der Waals surface area contributed by atoms with Crippen LogP contribution in [0.1, 0.15) is 43.7 Å². The van der Waals surface area contributed by atoms with Crippen LogP contribution in [-0.4, -0.2) is 152 Å². The Morgan fingerprint density at radius 3 is 1.85 bits per heavy atom. The van der Waals surface area contributed by atoms with Crippen LogP contribution in [0.3, 0.4) is 0 Å². The second-order valence-electron chi connectivity index (χ2n) is 15.3. The number of phenols is 1. The summed E-state index contributed by atoms with van der Waals surface area (Å²) in [5.41, 5.74) is 12.8. The van der Waals surface area contributed by atoms with Gasteiger partial charge in [-0.3, -0.25) is 43.2 Å². The third kappa shape index (κ3) is 18.3. The molecule has 0 saturated carbocycles. The molecule has 0 spiro atoms. The standard InChI is InChI=1S/C42H56N10O14S/c1-21(53)36(42(65)66)52-34(57)20-46-38(61)28(11-12-32(44)55)48-33(56)19-47-39(62)30(16-23-18-45-27-6-4-3-5-25(23)27)51-40(63)29(15-22-7-9-24(54)10-8-22)50-41(64)31(17-35(58)59)49-37(60)26(43)13-14-67-2/h3-10,18,21,26,28-31,36,45,53-54H,11-17,19-20,43H2,1-2H3,(H2,44,55)(H,46,61)(H,47,62)(H,48,56)(H,49,60)(H,50,64)(H,51,63)(H,52,57)(H,58,59)(H,65,66). The molecule has 0 fully saturated rings. The number of carboxylic acids is 2. The zero-order chi connectivity index (χ0) is 49.8. The number of hydrogen-bond donors (Lipinski definition) is 14. The van der Waals surface area contributed by atoms with Gasteiger partial charge < -0.3 is 74.1 Å². The Morgan fingerprint density at radius 1 is 0.701 bits per heavy atom. The molecule has 7 atom stereocenters. The number of para-hydroxylation sites is 1. The van der Waals surface area contributed by atoms with Crippen LogP contribution >= 0.6 is 11.8 Å². The number of hydrogen-bond acceptors (Lipinski definition) is 14. The summed E-state index contributed by atoms with van der Waals surface area (Å²) in [6.45, 7) is -0.476. The lowest BCUT2D eigenvalue weighted by molar-refractivity contribution is -0.144. The summed E-state index contributed by atoms with van der Waals surface area (Å²) >= 11 is 1.42. The minimum absolute atomic E-state index is 0.109. The minimum atomic E-state index is -1.69. The van der Waals surface area contributed by atoms with Crippen LogP contribution in [-0.2, 0) is 60.8 Å². The van der Waals surface area contributed by atoms with Gasteiger partial charge in [0.1, 0.15) is 29.9 Å². The van der Waals surface area contributed by atoms with Gasteiger partial charge in [0.15, 0.2) is 6.04 Å². The predicted molar refractivity (Wildman–Crippen MR) is 240 cm³/mol. The quantitative estimate of drug-likeness (QED) is 0.0337. The van der Waals surface area contributed by atoms with Gasteiger partial charge in [0.2, 0.25) is 47.3 Å². The van der Waals surface area contributed by atoms with Crippen LogP contribution < -0.4 is 48.7 Å². The van der Waals surface area contributed by atoms with E-state index < -0.39 is 127 Å². The Bertz CT molecular complexity index is 2260. The van der Waals surface area contributed by atoms with Crippen molar-refractivity contribution in [3.63, 3.8) is 0 Å². The lowest BCUT2D eigenvalue weighted by Crippen LogP contribution is -2.59. The molecule has 25 heteroatoms. The third-order valence-electron chi connectivity index (χ3n) is 9.96. The van der Waals surface area contributed by atoms with Gasteiger partial charge in [-0.05, 0) is 61.1 Å². The van der Waals surface area contributed by atoms with Crippen LogP contribution in [0.25, 0.3) is 10.9 Å². The van der Waals surface area contributed by atoms with Crippen molar-refractivity contribution < 1.29 is 68.4 Å². The van der Waals surface area contributed by atoms with Gasteiger partial charge in [0.25, 0.3) is 0 Å². The Labute approximate surface area is 387 Å². The van der Waals surface area contributed by atoms with E-state index in [4.69, 9.17) is 11.5 Å². The van der Waals surface area contributed by atoms with Crippen molar-refractivity contribution in [2.75, 3.05) is 25.1 Å². The molecular formula is C42H56N10O14S. The van der Waals surface area contributed by atoms with Gasteiger partial charge in [-0.15, -0.1) is 0 Å².